The van der Waals surface area contributed by atoms with Crippen molar-refractivity contribution in [3.8, 4) is 11.8 Å². The Bertz CT molecular complexity index is 1140. The molecule has 0 radical (unpaired) electrons. The zero-order chi connectivity index (χ0) is 22.0. The number of fused-ring (bicyclic) bond motifs is 1. The van der Waals surface area contributed by atoms with Gasteiger partial charge in [-0.3, -0.25) is 4.79 Å². The third kappa shape index (κ3) is 3.97. The fourth-order valence-electron chi connectivity index (χ4n) is 4.03. The summed E-state index contributed by atoms with van der Waals surface area (Å²) in [6.45, 7) is 2.43. The zero-order valence-electron chi connectivity index (χ0n) is 17.4. The Morgan fingerprint density at radius 1 is 1.29 bits per heavy atom. The number of aromatic nitrogens is 5. The van der Waals surface area contributed by atoms with Gasteiger partial charge >= 0.3 is 0 Å². The van der Waals surface area contributed by atoms with E-state index in [4.69, 9.17) is 15.2 Å². The number of hydrogen-bond acceptors (Lipinski definition) is 9. The summed E-state index contributed by atoms with van der Waals surface area (Å²) in [4.78, 5) is 30.0. The Balaban J connectivity index is 1.73. The number of ether oxygens (including phenoxy) is 2. The van der Waals surface area contributed by atoms with Crippen molar-refractivity contribution < 1.29 is 14.3 Å². The number of nitrogens with zero attached hydrogens (tertiary/aromatic N) is 5. The highest BCUT2D eigenvalue weighted by atomic mass is 32.1. The topological polar surface area (TPSA) is 130 Å². The molecule has 3 aromatic rings. The first kappa shape index (κ1) is 21.2. The molecule has 0 saturated heterocycles. The van der Waals surface area contributed by atoms with E-state index in [0.29, 0.717) is 29.1 Å². The number of thiazole rings is 1. The highest BCUT2D eigenvalue weighted by Crippen LogP contribution is 2.40. The van der Waals surface area contributed by atoms with Gasteiger partial charge in [-0.25, -0.2) is 19.9 Å². The summed E-state index contributed by atoms with van der Waals surface area (Å²) in [5, 5.41) is 5.39. The maximum Gasteiger partial charge on any atom is 0.225 e. The van der Waals surface area contributed by atoms with Gasteiger partial charge in [0.05, 0.1) is 24.4 Å². The molecule has 3 aromatic heterocycles. The van der Waals surface area contributed by atoms with Gasteiger partial charge in [0.25, 0.3) is 0 Å². The molecule has 10 nitrogen and oxygen atoms in total. The summed E-state index contributed by atoms with van der Waals surface area (Å²) in [5.41, 5.74) is 7.14. The quantitative estimate of drug-likeness (QED) is 0.561. The number of amides is 1. The molecular formula is C20H23N7O3S. The van der Waals surface area contributed by atoms with Crippen LogP contribution in [0.4, 0.5) is 5.82 Å². The van der Waals surface area contributed by atoms with Crippen LogP contribution >= 0.6 is 11.3 Å². The molecule has 1 saturated carbocycles. The van der Waals surface area contributed by atoms with Gasteiger partial charge in [-0.05, 0) is 25.2 Å². The number of hydrogen-bond donors (Lipinski definition) is 2. The minimum absolute atomic E-state index is 0.0625. The highest BCUT2D eigenvalue weighted by molar-refractivity contribution is 7.10. The number of carbonyl (C=O) groups excluding carboxylic acids is 1. The maximum absolute atomic E-state index is 12.6. The molecule has 162 valence electrons. The number of carbonyl (C=O) groups is 1. The van der Waals surface area contributed by atoms with Gasteiger partial charge in [-0.1, -0.05) is 0 Å². The number of anilines is 1. The lowest BCUT2D eigenvalue weighted by molar-refractivity contribution is -0.130. The van der Waals surface area contributed by atoms with Crippen LogP contribution in [0.3, 0.4) is 0 Å². The second kappa shape index (κ2) is 8.97. The lowest BCUT2D eigenvalue weighted by Crippen LogP contribution is -2.40. The molecule has 1 unspecified atom stereocenters. The predicted octanol–water partition coefficient (Wildman–Crippen LogP) is 0.992. The Labute approximate surface area is 183 Å². The Hall–Kier alpha value is -3.07. The number of rotatable bonds is 5. The number of methoxy groups -OCH3 is 2. The zero-order valence-corrected chi connectivity index (χ0v) is 18.2. The SMILES string of the molecule is CCNC(=O)[C@H]1CC(n2cnc3c(N)nc(C#Cc4nccs4)nc32)[C@H](OC)[C@@H]1OC. The molecule has 3 heterocycles. The molecule has 11 heteroatoms. The molecule has 0 aliphatic heterocycles. The molecule has 0 spiro atoms. The Kier molecular flexibility index (Phi) is 6.13. The smallest absolute Gasteiger partial charge is 0.225 e. The number of nitrogens with two attached hydrogens (primary N) is 1. The van der Waals surface area contributed by atoms with Gasteiger partial charge in [-0.2, -0.15) is 0 Å². The molecule has 0 bridgehead atoms. The monoisotopic (exact) mass is 441 g/mol. The van der Waals surface area contributed by atoms with E-state index in [0.717, 1.165) is 0 Å². The normalized spacial score (nSPS) is 22.9. The van der Waals surface area contributed by atoms with Crippen molar-refractivity contribution in [2.45, 2.75) is 31.6 Å². The van der Waals surface area contributed by atoms with E-state index in [-0.39, 0.29) is 35.6 Å². The molecule has 4 atom stereocenters. The molecule has 31 heavy (non-hydrogen) atoms. The fraction of sp³-hybridized carbons (Fsp3) is 0.450. The Morgan fingerprint density at radius 2 is 2.10 bits per heavy atom. The summed E-state index contributed by atoms with van der Waals surface area (Å²) < 4.78 is 13.3. The van der Waals surface area contributed by atoms with Crippen LogP contribution in [0.2, 0.25) is 0 Å². The number of nitrogen functional groups attached to an aromatic ring is 1. The lowest BCUT2D eigenvalue weighted by Gasteiger charge is -2.24. The summed E-state index contributed by atoms with van der Waals surface area (Å²) in [6, 6.07) is -0.221. The second-order valence-corrected chi connectivity index (χ2v) is 7.94. The van der Waals surface area contributed by atoms with Crippen molar-refractivity contribution in [2.24, 2.45) is 5.92 Å². The van der Waals surface area contributed by atoms with Crippen molar-refractivity contribution in [1.29, 1.82) is 0 Å². The minimum Gasteiger partial charge on any atom is -0.382 e. The molecular weight excluding hydrogens is 418 g/mol. The van der Waals surface area contributed by atoms with Crippen molar-refractivity contribution in [3.63, 3.8) is 0 Å². The van der Waals surface area contributed by atoms with E-state index < -0.39 is 6.10 Å². The van der Waals surface area contributed by atoms with Gasteiger partial charge in [0.15, 0.2) is 16.5 Å². The van der Waals surface area contributed by atoms with Gasteiger partial charge < -0.3 is 25.1 Å². The van der Waals surface area contributed by atoms with Crippen LogP contribution in [0.25, 0.3) is 11.2 Å². The molecule has 1 aliphatic carbocycles. The molecule has 4 rings (SSSR count). The van der Waals surface area contributed by atoms with Gasteiger partial charge in [0.2, 0.25) is 11.7 Å². The third-order valence-corrected chi connectivity index (χ3v) is 6.03. The first-order valence-corrected chi connectivity index (χ1v) is 10.7. The largest absolute Gasteiger partial charge is 0.382 e. The van der Waals surface area contributed by atoms with Crippen molar-refractivity contribution in [2.75, 3.05) is 26.5 Å². The van der Waals surface area contributed by atoms with Crippen LogP contribution in [0, 0.1) is 17.8 Å². The van der Waals surface area contributed by atoms with Crippen LogP contribution in [0.1, 0.15) is 30.2 Å². The summed E-state index contributed by atoms with van der Waals surface area (Å²) >= 11 is 1.43. The molecule has 0 aromatic carbocycles. The average molecular weight is 442 g/mol. The van der Waals surface area contributed by atoms with Crippen molar-refractivity contribution in [1.82, 2.24) is 29.8 Å². The molecule has 1 aliphatic rings. The van der Waals surface area contributed by atoms with Crippen molar-refractivity contribution >= 4 is 34.2 Å². The van der Waals surface area contributed by atoms with Gasteiger partial charge in [0, 0.05) is 32.3 Å². The summed E-state index contributed by atoms with van der Waals surface area (Å²) in [5.74, 6) is 5.94. The molecule has 3 N–H and O–H groups in total. The first-order chi connectivity index (χ1) is 15.1. The lowest BCUT2D eigenvalue weighted by atomic mass is 10.0. The van der Waals surface area contributed by atoms with Crippen LogP contribution < -0.4 is 11.1 Å². The molecule has 1 amide bonds. The number of nitrogens with one attached hydrogen (secondary N) is 1. The van der Waals surface area contributed by atoms with Crippen LogP contribution in [-0.2, 0) is 14.3 Å². The minimum atomic E-state index is -0.401. The van der Waals surface area contributed by atoms with Gasteiger partial charge in [0.1, 0.15) is 11.6 Å². The second-order valence-electron chi connectivity index (χ2n) is 7.05. The van der Waals surface area contributed by atoms with E-state index >= 15 is 0 Å². The first-order valence-electron chi connectivity index (χ1n) is 9.82. The van der Waals surface area contributed by atoms with Crippen LogP contribution in [-0.4, -0.2) is 63.4 Å². The summed E-state index contributed by atoms with van der Waals surface area (Å²) in [7, 11) is 3.20. The summed E-state index contributed by atoms with van der Waals surface area (Å²) in [6.07, 6.45) is 3.08. The van der Waals surface area contributed by atoms with Crippen LogP contribution in [0.5, 0.6) is 0 Å². The van der Waals surface area contributed by atoms with E-state index in [1.165, 1.54) is 11.3 Å². The third-order valence-electron chi connectivity index (χ3n) is 5.35. The molecule has 1 fully saturated rings. The van der Waals surface area contributed by atoms with E-state index in [1.807, 2.05) is 16.9 Å². The van der Waals surface area contributed by atoms with Crippen LogP contribution in [0.15, 0.2) is 17.9 Å². The van der Waals surface area contributed by atoms with E-state index in [1.54, 1.807) is 26.7 Å². The van der Waals surface area contributed by atoms with E-state index in [9.17, 15) is 4.79 Å². The van der Waals surface area contributed by atoms with Gasteiger partial charge in [-0.15, -0.1) is 11.3 Å². The predicted molar refractivity (Wildman–Crippen MR) is 115 cm³/mol. The maximum atomic E-state index is 12.6. The standard InChI is InChI=1S/C20H23N7O3S/c1-4-22-20(28)11-9-12(17(30-3)16(11)29-2)27-10-24-15-18(21)25-13(26-19(15)27)5-6-14-23-7-8-31-14/h7-8,10-12,16-17H,4,9H2,1-3H3,(H,22,28)(H2,21,25,26)/t11-,12?,16+,17-/m0/s1. The fourth-order valence-corrected chi connectivity index (χ4v) is 4.51. The van der Waals surface area contributed by atoms with E-state index in [2.05, 4.69) is 37.1 Å². The highest BCUT2D eigenvalue weighted by Gasteiger charge is 2.48. The average Bonchev–Trinajstić information content (AvgIpc) is 3.49. The van der Waals surface area contributed by atoms with Crippen molar-refractivity contribution in [3.05, 3.63) is 28.7 Å². The number of imidazole rings is 1. The Morgan fingerprint density at radius 3 is 2.77 bits per heavy atom.